The van der Waals surface area contributed by atoms with E-state index in [2.05, 4.69) is 5.16 Å². The van der Waals surface area contributed by atoms with Crippen LogP contribution >= 0.6 is 23.2 Å². The molecule has 0 aliphatic heterocycles. The summed E-state index contributed by atoms with van der Waals surface area (Å²) in [6, 6.07) is 11.0. The fourth-order valence-corrected chi connectivity index (χ4v) is 2.33. The van der Waals surface area contributed by atoms with E-state index < -0.39 is 0 Å². The average molecular weight is 323 g/mol. The Morgan fingerprint density at radius 2 is 1.62 bits per heavy atom. The number of hydrogen-bond acceptors (Lipinski definition) is 3. The van der Waals surface area contributed by atoms with Gasteiger partial charge < -0.3 is 10.3 Å². The van der Waals surface area contributed by atoms with Crippen LogP contribution in [0.15, 0.2) is 47.0 Å². The highest BCUT2D eigenvalue weighted by Crippen LogP contribution is 2.38. The van der Waals surface area contributed by atoms with Crippen molar-refractivity contribution in [1.29, 1.82) is 0 Å². The number of nitrogens with zero attached hydrogens (tertiary/aromatic N) is 1. The number of anilines is 1. The summed E-state index contributed by atoms with van der Waals surface area (Å²) in [6.07, 6.45) is 0. The maximum absolute atomic E-state index is 13.0. The molecule has 6 heteroatoms. The van der Waals surface area contributed by atoms with Crippen LogP contribution in [0.1, 0.15) is 0 Å². The van der Waals surface area contributed by atoms with Gasteiger partial charge in [0.05, 0.1) is 15.6 Å². The molecule has 0 unspecified atom stereocenters. The highest BCUT2D eigenvalue weighted by atomic mass is 35.5. The normalized spacial score (nSPS) is 10.8. The van der Waals surface area contributed by atoms with Crippen LogP contribution < -0.4 is 5.73 Å². The van der Waals surface area contributed by atoms with Crippen LogP contribution in [-0.4, -0.2) is 5.16 Å². The van der Waals surface area contributed by atoms with Crippen molar-refractivity contribution < 1.29 is 8.91 Å². The first-order chi connectivity index (χ1) is 10.1. The van der Waals surface area contributed by atoms with Gasteiger partial charge >= 0.3 is 0 Å². The van der Waals surface area contributed by atoms with Gasteiger partial charge in [0.1, 0.15) is 5.82 Å². The Hall–Kier alpha value is -2.04. The number of benzene rings is 2. The Kier molecular flexibility index (Phi) is 3.57. The lowest BCUT2D eigenvalue weighted by Gasteiger charge is -2.04. The third kappa shape index (κ3) is 2.60. The molecule has 0 saturated carbocycles. The minimum absolute atomic E-state index is 0.229. The Bertz CT molecular complexity index is 800. The molecule has 21 heavy (non-hydrogen) atoms. The molecule has 0 aliphatic carbocycles. The molecule has 3 nitrogen and oxygen atoms in total. The highest BCUT2D eigenvalue weighted by Gasteiger charge is 2.18. The van der Waals surface area contributed by atoms with Crippen molar-refractivity contribution in [3.63, 3.8) is 0 Å². The maximum Gasteiger partial charge on any atom is 0.176 e. The summed E-state index contributed by atoms with van der Waals surface area (Å²) in [6.45, 7) is 0. The van der Waals surface area contributed by atoms with E-state index in [1.165, 1.54) is 12.1 Å². The first-order valence-electron chi connectivity index (χ1n) is 6.03. The van der Waals surface area contributed by atoms with E-state index >= 15 is 0 Å². The molecular formula is C15H9Cl2FN2O. The van der Waals surface area contributed by atoms with Gasteiger partial charge in [-0.2, -0.15) is 0 Å². The first kappa shape index (κ1) is 13.9. The van der Waals surface area contributed by atoms with Gasteiger partial charge in [-0.25, -0.2) is 4.39 Å². The summed E-state index contributed by atoms with van der Waals surface area (Å²) in [5, 5.41) is 4.62. The van der Waals surface area contributed by atoms with E-state index in [0.29, 0.717) is 26.9 Å². The van der Waals surface area contributed by atoms with Crippen LogP contribution in [0.25, 0.3) is 22.5 Å². The number of rotatable bonds is 2. The maximum atomic E-state index is 13.0. The van der Waals surface area contributed by atoms with Gasteiger partial charge in [0, 0.05) is 5.56 Å². The number of aromatic nitrogens is 1. The Morgan fingerprint density at radius 3 is 2.29 bits per heavy atom. The van der Waals surface area contributed by atoms with E-state index in [1.807, 2.05) is 0 Å². The molecule has 3 rings (SSSR count). The quantitative estimate of drug-likeness (QED) is 0.719. The predicted octanol–water partition coefficient (Wildman–Crippen LogP) is 5.04. The van der Waals surface area contributed by atoms with E-state index in [4.69, 9.17) is 33.5 Å². The zero-order valence-corrected chi connectivity index (χ0v) is 12.1. The number of nitrogens with two attached hydrogens (primary N) is 1. The lowest BCUT2D eigenvalue weighted by Crippen LogP contribution is -1.89. The van der Waals surface area contributed by atoms with Gasteiger partial charge in [-0.15, -0.1) is 0 Å². The van der Waals surface area contributed by atoms with Gasteiger partial charge in [-0.3, -0.25) is 0 Å². The smallest absolute Gasteiger partial charge is 0.176 e. The fourth-order valence-electron chi connectivity index (χ4n) is 2.03. The molecule has 0 atom stereocenters. The predicted molar refractivity (Wildman–Crippen MR) is 81.8 cm³/mol. The fraction of sp³-hybridized carbons (Fsp3) is 0. The molecule has 1 aromatic heterocycles. The third-order valence-corrected chi connectivity index (χ3v) is 3.77. The molecule has 106 valence electrons. The van der Waals surface area contributed by atoms with E-state index in [1.54, 1.807) is 30.3 Å². The zero-order valence-electron chi connectivity index (χ0n) is 10.6. The molecule has 0 bridgehead atoms. The van der Waals surface area contributed by atoms with Crippen LogP contribution in [0.5, 0.6) is 0 Å². The number of halogens is 3. The van der Waals surface area contributed by atoms with Crippen LogP contribution in [-0.2, 0) is 0 Å². The summed E-state index contributed by atoms with van der Waals surface area (Å²) in [7, 11) is 0. The van der Waals surface area contributed by atoms with E-state index in [9.17, 15) is 4.39 Å². The lowest BCUT2D eigenvalue weighted by atomic mass is 10.0. The molecule has 0 saturated heterocycles. The van der Waals surface area contributed by atoms with Gasteiger partial charge in [0.15, 0.2) is 11.6 Å². The van der Waals surface area contributed by atoms with Crippen molar-refractivity contribution in [2.75, 3.05) is 5.73 Å². The van der Waals surface area contributed by atoms with Crippen LogP contribution in [0.2, 0.25) is 10.0 Å². The van der Waals surface area contributed by atoms with Crippen LogP contribution in [0.3, 0.4) is 0 Å². The summed E-state index contributed by atoms with van der Waals surface area (Å²) in [4.78, 5) is 0. The molecule has 0 spiro atoms. The molecule has 0 aliphatic rings. The van der Waals surface area contributed by atoms with E-state index in [-0.39, 0.29) is 11.6 Å². The highest BCUT2D eigenvalue weighted by molar-refractivity contribution is 6.42. The summed E-state index contributed by atoms with van der Waals surface area (Å²) in [5.74, 6) is 0.348. The lowest BCUT2D eigenvalue weighted by molar-refractivity contribution is 0.436. The monoisotopic (exact) mass is 322 g/mol. The van der Waals surface area contributed by atoms with Gasteiger partial charge in [0.25, 0.3) is 0 Å². The largest absolute Gasteiger partial charge is 0.380 e. The Labute approximate surface area is 130 Å². The van der Waals surface area contributed by atoms with Gasteiger partial charge in [0.2, 0.25) is 0 Å². The zero-order chi connectivity index (χ0) is 15.0. The first-order valence-corrected chi connectivity index (χ1v) is 6.78. The van der Waals surface area contributed by atoms with Crippen LogP contribution in [0.4, 0.5) is 10.2 Å². The molecule has 0 fully saturated rings. The molecular weight excluding hydrogens is 314 g/mol. The second kappa shape index (κ2) is 5.39. The molecule has 3 aromatic rings. The van der Waals surface area contributed by atoms with Gasteiger partial charge in [-0.05, 0) is 42.0 Å². The molecule has 2 aromatic carbocycles. The van der Waals surface area contributed by atoms with Crippen LogP contribution in [0, 0.1) is 5.82 Å². The molecule has 1 heterocycles. The minimum atomic E-state index is -0.331. The Balaban J connectivity index is 2.16. The van der Waals surface area contributed by atoms with Crippen molar-refractivity contribution in [3.8, 4) is 22.5 Å². The van der Waals surface area contributed by atoms with Crippen molar-refractivity contribution in [3.05, 3.63) is 58.3 Å². The topological polar surface area (TPSA) is 52.0 Å². The van der Waals surface area contributed by atoms with E-state index in [0.717, 1.165) is 5.56 Å². The van der Waals surface area contributed by atoms with Crippen molar-refractivity contribution >= 4 is 29.0 Å². The molecule has 0 radical (unpaired) electrons. The van der Waals surface area contributed by atoms with Gasteiger partial charge in [-0.1, -0.05) is 34.4 Å². The second-order valence-electron chi connectivity index (χ2n) is 4.41. The summed E-state index contributed by atoms with van der Waals surface area (Å²) >= 11 is 11.9. The average Bonchev–Trinajstić information content (AvgIpc) is 2.85. The van der Waals surface area contributed by atoms with Crippen molar-refractivity contribution in [2.24, 2.45) is 0 Å². The summed E-state index contributed by atoms with van der Waals surface area (Å²) < 4.78 is 18.3. The summed E-state index contributed by atoms with van der Waals surface area (Å²) in [5.41, 5.74) is 7.86. The second-order valence-corrected chi connectivity index (χ2v) is 5.22. The van der Waals surface area contributed by atoms with Crippen molar-refractivity contribution in [1.82, 2.24) is 5.16 Å². The SMILES string of the molecule is Nc1noc(-c2ccc(F)cc2)c1-c1ccc(Cl)c(Cl)c1. The molecule has 0 amide bonds. The number of hydrogen-bond donors (Lipinski definition) is 1. The standard InChI is InChI=1S/C15H9Cl2FN2O/c16-11-6-3-9(7-12(11)17)13-14(21-20-15(13)19)8-1-4-10(18)5-2-8/h1-7H,(H2,19,20). The minimum Gasteiger partial charge on any atom is -0.380 e. The van der Waals surface area contributed by atoms with Crippen molar-refractivity contribution in [2.45, 2.75) is 0 Å². The molecule has 2 N–H and O–H groups in total. The Morgan fingerprint density at radius 1 is 0.952 bits per heavy atom. The number of nitrogen functional groups attached to an aromatic ring is 1. The third-order valence-electron chi connectivity index (χ3n) is 3.03.